The minimum absolute atomic E-state index is 0.0444. The fourth-order valence-corrected chi connectivity index (χ4v) is 3.58. The van der Waals surface area contributed by atoms with Crippen molar-refractivity contribution in [2.75, 3.05) is 0 Å². The van der Waals surface area contributed by atoms with Gasteiger partial charge in [0.1, 0.15) is 6.10 Å². The van der Waals surface area contributed by atoms with Gasteiger partial charge in [-0.05, 0) is 51.4 Å². The molecule has 2 unspecified atom stereocenters. The molecule has 1 aliphatic carbocycles. The molecule has 2 atom stereocenters. The lowest BCUT2D eigenvalue weighted by molar-refractivity contribution is -0.133. The Labute approximate surface area is 126 Å². The molecule has 1 saturated heterocycles. The summed E-state index contributed by atoms with van der Waals surface area (Å²) in [6.07, 6.45) is 6.62. The summed E-state index contributed by atoms with van der Waals surface area (Å²) >= 11 is 5.24. The van der Waals surface area contributed by atoms with Crippen molar-refractivity contribution in [3.05, 3.63) is 0 Å². The Morgan fingerprint density at radius 2 is 2.00 bits per heavy atom. The van der Waals surface area contributed by atoms with Gasteiger partial charge in [-0.1, -0.05) is 25.6 Å². The van der Waals surface area contributed by atoms with Gasteiger partial charge in [-0.2, -0.15) is 0 Å². The first-order chi connectivity index (χ1) is 9.47. The van der Waals surface area contributed by atoms with Crippen molar-refractivity contribution in [2.24, 2.45) is 11.7 Å². The fraction of sp³-hybridized carbons (Fsp3) is 0.867. The van der Waals surface area contributed by atoms with Gasteiger partial charge in [0.15, 0.2) is 0 Å². The smallest absolute Gasteiger partial charge is 0.249 e. The molecule has 20 heavy (non-hydrogen) atoms. The number of nitrogens with two attached hydrogens (primary N) is 1. The number of carbonyl (C=O) groups is 1. The van der Waals surface area contributed by atoms with Gasteiger partial charge in [-0.15, -0.1) is 0 Å². The molecule has 5 heteroatoms. The highest BCUT2D eigenvalue weighted by Crippen LogP contribution is 2.34. The summed E-state index contributed by atoms with van der Waals surface area (Å²) in [6, 6.07) is 0. The Kier molecular flexibility index (Phi) is 5.02. The average molecular weight is 298 g/mol. The lowest BCUT2D eigenvalue weighted by atomic mass is 9.75. The zero-order valence-electron chi connectivity index (χ0n) is 12.5. The molecule has 0 aromatic heterocycles. The molecule has 0 spiro atoms. The summed E-state index contributed by atoms with van der Waals surface area (Å²) in [5, 5.41) is 3.11. The molecule has 1 amide bonds. The molecule has 2 fully saturated rings. The molecule has 1 aliphatic heterocycles. The van der Waals surface area contributed by atoms with Crippen LogP contribution in [0.4, 0.5) is 0 Å². The van der Waals surface area contributed by atoms with Crippen molar-refractivity contribution in [1.82, 2.24) is 5.32 Å². The Bertz CT molecular complexity index is 378. The Balaban J connectivity index is 1.99. The number of rotatable bonds is 4. The summed E-state index contributed by atoms with van der Waals surface area (Å²) in [5.41, 5.74) is 5.45. The van der Waals surface area contributed by atoms with E-state index in [1.807, 2.05) is 6.92 Å². The zero-order chi connectivity index (χ0) is 14.8. The maximum Gasteiger partial charge on any atom is 0.249 e. The van der Waals surface area contributed by atoms with Gasteiger partial charge in [0.05, 0.1) is 16.6 Å². The molecule has 2 rings (SSSR count). The number of hydrogen-bond acceptors (Lipinski definition) is 3. The summed E-state index contributed by atoms with van der Waals surface area (Å²) in [7, 11) is 0. The van der Waals surface area contributed by atoms with Crippen LogP contribution in [-0.4, -0.2) is 28.6 Å². The molecule has 1 saturated carbocycles. The third-order valence-corrected chi connectivity index (χ3v) is 5.29. The standard InChI is InChI=1S/C15H26N2O2S/c1-3-11-6-8-15(9-7-11,14(16)20)17-13(18)12-5-4-10(2)19-12/h10-12H,3-9H2,1-2H3,(H2,16,20)(H,17,18). The summed E-state index contributed by atoms with van der Waals surface area (Å²) < 4.78 is 5.64. The van der Waals surface area contributed by atoms with Gasteiger partial charge in [-0.3, -0.25) is 4.79 Å². The van der Waals surface area contributed by atoms with Crippen molar-refractivity contribution >= 4 is 23.1 Å². The number of ether oxygens (including phenoxy) is 1. The van der Waals surface area contributed by atoms with Crippen LogP contribution in [0.5, 0.6) is 0 Å². The van der Waals surface area contributed by atoms with E-state index in [1.54, 1.807) is 0 Å². The maximum atomic E-state index is 12.4. The molecule has 0 bridgehead atoms. The number of hydrogen-bond donors (Lipinski definition) is 2. The van der Waals surface area contributed by atoms with Crippen LogP contribution in [0, 0.1) is 5.92 Å². The first kappa shape index (κ1) is 15.7. The SMILES string of the molecule is CCC1CCC(NC(=O)C2CCC(C)O2)(C(N)=S)CC1. The molecular weight excluding hydrogens is 272 g/mol. The van der Waals surface area contributed by atoms with E-state index >= 15 is 0 Å². The van der Waals surface area contributed by atoms with Crippen molar-refractivity contribution in [2.45, 2.75) is 76.5 Å². The van der Waals surface area contributed by atoms with E-state index < -0.39 is 5.54 Å². The molecular formula is C15H26N2O2S. The van der Waals surface area contributed by atoms with E-state index in [2.05, 4.69) is 12.2 Å². The maximum absolute atomic E-state index is 12.4. The van der Waals surface area contributed by atoms with Gasteiger partial charge in [0, 0.05) is 0 Å². The Morgan fingerprint density at radius 1 is 1.35 bits per heavy atom. The van der Waals surface area contributed by atoms with Crippen LogP contribution in [0.15, 0.2) is 0 Å². The van der Waals surface area contributed by atoms with E-state index in [0.717, 1.165) is 44.4 Å². The number of thiocarbonyl (C=S) groups is 1. The third-order valence-electron chi connectivity index (χ3n) is 4.89. The van der Waals surface area contributed by atoms with Crippen LogP contribution in [0.2, 0.25) is 0 Å². The summed E-state index contributed by atoms with van der Waals surface area (Å²) in [4.78, 5) is 12.8. The van der Waals surface area contributed by atoms with Gasteiger partial charge in [0.25, 0.3) is 0 Å². The highest BCUT2D eigenvalue weighted by molar-refractivity contribution is 7.80. The van der Waals surface area contributed by atoms with Crippen LogP contribution in [0.1, 0.15) is 58.8 Å². The number of amides is 1. The van der Waals surface area contributed by atoms with E-state index in [0.29, 0.717) is 4.99 Å². The first-order valence-electron chi connectivity index (χ1n) is 7.74. The van der Waals surface area contributed by atoms with Crippen molar-refractivity contribution in [3.8, 4) is 0 Å². The van der Waals surface area contributed by atoms with E-state index in [9.17, 15) is 4.79 Å². The largest absolute Gasteiger partial charge is 0.391 e. The van der Waals surface area contributed by atoms with Crippen LogP contribution in [-0.2, 0) is 9.53 Å². The third kappa shape index (κ3) is 3.31. The Morgan fingerprint density at radius 3 is 2.45 bits per heavy atom. The highest BCUT2D eigenvalue weighted by atomic mass is 32.1. The van der Waals surface area contributed by atoms with Crippen molar-refractivity contribution in [3.63, 3.8) is 0 Å². The van der Waals surface area contributed by atoms with Crippen LogP contribution in [0.3, 0.4) is 0 Å². The van der Waals surface area contributed by atoms with Crippen molar-refractivity contribution in [1.29, 1.82) is 0 Å². The van der Waals surface area contributed by atoms with Gasteiger partial charge >= 0.3 is 0 Å². The number of nitrogens with one attached hydrogen (secondary N) is 1. The second-order valence-corrected chi connectivity index (χ2v) is 6.74. The second kappa shape index (κ2) is 6.39. The van der Waals surface area contributed by atoms with E-state index in [1.165, 1.54) is 6.42 Å². The molecule has 0 aromatic rings. The molecule has 114 valence electrons. The van der Waals surface area contributed by atoms with Crippen molar-refractivity contribution < 1.29 is 9.53 Å². The van der Waals surface area contributed by atoms with Crippen LogP contribution in [0.25, 0.3) is 0 Å². The Hall–Kier alpha value is -0.680. The lowest BCUT2D eigenvalue weighted by Crippen LogP contribution is -2.60. The first-order valence-corrected chi connectivity index (χ1v) is 8.15. The van der Waals surface area contributed by atoms with E-state index in [-0.39, 0.29) is 18.1 Å². The number of carbonyl (C=O) groups excluding carboxylic acids is 1. The van der Waals surface area contributed by atoms with Gasteiger partial charge in [0.2, 0.25) is 5.91 Å². The predicted octanol–water partition coefficient (Wildman–Crippen LogP) is 2.30. The quantitative estimate of drug-likeness (QED) is 0.782. The zero-order valence-corrected chi connectivity index (χ0v) is 13.3. The molecule has 1 heterocycles. The van der Waals surface area contributed by atoms with E-state index in [4.69, 9.17) is 22.7 Å². The minimum atomic E-state index is -0.493. The normalized spacial score (nSPS) is 37.6. The monoisotopic (exact) mass is 298 g/mol. The lowest BCUT2D eigenvalue weighted by Gasteiger charge is -2.40. The fourth-order valence-electron chi connectivity index (χ4n) is 3.32. The average Bonchev–Trinajstić information content (AvgIpc) is 2.86. The topological polar surface area (TPSA) is 64.3 Å². The molecule has 4 nitrogen and oxygen atoms in total. The molecule has 2 aliphatic rings. The van der Waals surface area contributed by atoms with Gasteiger partial charge in [-0.25, -0.2) is 0 Å². The summed E-state index contributed by atoms with van der Waals surface area (Å²) in [6.45, 7) is 4.22. The molecule has 0 radical (unpaired) electrons. The van der Waals surface area contributed by atoms with Crippen LogP contribution < -0.4 is 11.1 Å². The van der Waals surface area contributed by atoms with Gasteiger partial charge < -0.3 is 15.8 Å². The van der Waals surface area contributed by atoms with Crippen LogP contribution >= 0.6 is 12.2 Å². The predicted molar refractivity (Wildman–Crippen MR) is 83.5 cm³/mol. The minimum Gasteiger partial charge on any atom is -0.391 e. The summed E-state index contributed by atoms with van der Waals surface area (Å²) in [5.74, 6) is 0.689. The second-order valence-electron chi connectivity index (χ2n) is 6.30. The molecule has 3 N–H and O–H groups in total. The highest BCUT2D eigenvalue weighted by Gasteiger charge is 2.41. The molecule has 0 aromatic carbocycles.